The predicted molar refractivity (Wildman–Crippen MR) is 78.6 cm³/mol. The largest absolute Gasteiger partial charge is 0.469 e. The number of rotatable bonds is 1. The number of nitrogens with one attached hydrogen (secondary N) is 1. The van der Waals surface area contributed by atoms with Gasteiger partial charge >= 0.3 is 5.76 Å². The van der Waals surface area contributed by atoms with Crippen LogP contribution < -0.4 is 5.76 Å². The van der Waals surface area contributed by atoms with Gasteiger partial charge in [0.15, 0.2) is 5.58 Å². The van der Waals surface area contributed by atoms with E-state index in [0.717, 1.165) is 24.2 Å². The molecule has 0 bridgehead atoms. The van der Waals surface area contributed by atoms with Crippen molar-refractivity contribution in [1.82, 2.24) is 9.88 Å². The Kier molecular flexibility index (Phi) is 2.89. The topological polar surface area (TPSA) is 79.5 Å². The maximum Gasteiger partial charge on any atom is 0.417 e. The molecule has 3 heterocycles. The number of aromatic amines is 1. The summed E-state index contributed by atoms with van der Waals surface area (Å²) in [5.41, 5.74) is 2.29. The first-order valence-corrected chi connectivity index (χ1v) is 7.19. The van der Waals surface area contributed by atoms with Crippen molar-refractivity contribution < 1.29 is 13.6 Å². The van der Waals surface area contributed by atoms with Crippen LogP contribution in [-0.4, -0.2) is 22.3 Å². The van der Waals surface area contributed by atoms with Crippen molar-refractivity contribution in [2.45, 2.75) is 19.4 Å². The number of H-pyrrole nitrogens is 1. The molecule has 1 aliphatic rings. The minimum atomic E-state index is -0.553. The fourth-order valence-corrected chi connectivity index (χ4v) is 2.93. The third kappa shape index (κ3) is 2.04. The number of carbonyl (C=O) groups is 1. The van der Waals surface area contributed by atoms with Gasteiger partial charge in [-0.15, -0.1) is 0 Å². The van der Waals surface area contributed by atoms with E-state index in [1.54, 1.807) is 29.4 Å². The van der Waals surface area contributed by atoms with Gasteiger partial charge in [-0.25, -0.2) is 4.79 Å². The highest BCUT2D eigenvalue weighted by Gasteiger charge is 2.24. The van der Waals surface area contributed by atoms with E-state index in [1.807, 2.05) is 6.07 Å². The lowest BCUT2D eigenvalue weighted by Crippen LogP contribution is -2.30. The van der Waals surface area contributed by atoms with Crippen molar-refractivity contribution in [2.75, 3.05) is 6.54 Å². The second-order valence-electron chi connectivity index (χ2n) is 5.40. The molecule has 1 aliphatic heterocycles. The summed E-state index contributed by atoms with van der Waals surface area (Å²) in [5.74, 6) is 0.257. The van der Waals surface area contributed by atoms with E-state index in [2.05, 4.69) is 4.98 Å². The number of aromatic nitrogens is 1. The summed E-state index contributed by atoms with van der Waals surface area (Å²) in [4.78, 5) is 28.5. The highest BCUT2D eigenvalue weighted by molar-refractivity contribution is 6.04. The molecule has 1 N–H and O–H groups in total. The first-order valence-electron chi connectivity index (χ1n) is 7.19. The molecule has 0 saturated carbocycles. The quantitative estimate of drug-likeness (QED) is 0.747. The molecule has 3 aromatic rings. The van der Waals surface area contributed by atoms with Gasteiger partial charge < -0.3 is 13.7 Å². The van der Waals surface area contributed by atoms with Crippen LogP contribution >= 0.6 is 0 Å². The number of amides is 1. The second-order valence-corrected chi connectivity index (χ2v) is 5.40. The average molecular weight is 298 g/mol. The molecular weight excluding hydrogens is 284 g/mol. The zero-order valence-electron chi connectivity index (χ0n) is 11.8. The van der Waals surface area contributed by atoms with Crippen LogP contribution in [0.25, 0.3) is 11.1 Å². The van der Waals surface area contributed by atoms with Gasteiger partial charge in [-0.05, 0) is 24.6 Å². The third-order valence-electron chi connectivity index (χ3n) is 3.99. The van der Waals surface area contributed by atoms with Crippen LogP contribution in [0.3, 0.4) is 0 Å². The number of hydrogen-bond acceptors (Lipinski definition) is 4. The number of para-hydroxylation sites is 1. The lowest BCUT2D eigenvalue weighted by atomic mass is 10.1. The molecule has 22 heavy (non-hydrogen) atoms. The zero-order valence-corrected chi connectivity index (χ0v) is 11.8. The molecule has 0 radical (unpaired) electrons. The number of fused-ring (bicyclic) bond motifs is 2. The van der Waals surface area contributed by atoms with Crippen LogP contribution in [0.4, 0.5) is 0 Å². The Bertz CT molecular complexity index is 902. The first-order chi connectivity index (χ1) is 10.7. The number of hydrogen-bond donors (Lipinski definition) is 1. The molecule has 1 aromatic carbocycles. The van der Waals surface area contributed by atoms with Gasteiger partial charge in [0.2, 0.25) is 0 Å². The van der Waals surface area contributed by atoms with Crippen LogP contribution in [-0.2, 0) is 13.0 Å². The van der Waals surface area contributed by atoms with Crippen molar-refractivity contribution in [2.24, 2.45) is 0 Å². The highest BCUT2D eigenvalue weighted by atomic mass is 16.4. The number of benzene rings is 1. The summed E-state index contributed by atoms with van der Waals surface area (Å²) in [5, 5.41) is 0. The van der Waals surface area contributed by atoms with Gasteiger partial charge in [0, 0.05) is 25.1 Å². The zero-order chi connectivity index (χ0) is 15.1. The van der Waals surface area contributed by atoms with Crippen LogP contribution in [0.1, 0.15) is 28.1 Å². The Morgan fingerprint density at radius 1 is 1.27 bits per heavy atom. The molecule has 6 heteroatoms. The Morgan fingerprint density at radius 2 is 2.18 bits per heavy atom. The van der Waals surface area contributed by atoms with E-state index in [4.69, 9.17) is 8.83 Å². The van der Waals surface area contributed by atoms with E-state index < -0.39 is 5.76 Å². The Balaban J connectivity index is 1.73. The molecule has 112 valence electrons. The number of oxazole rings is 1. The monoisotopic (exact) mass is 298 g/mol. The lowest BCUT2D eigenvalue weighted by Gasteiger charge is -2.20. The van der Waals surface area contributed by atoms with E-state index in [9.17, 15) is 9.59 Å². The van der Waals surface area contributed by atoms with E-state index in [0.29, 0.717) is 29.8 Å². The minimum absolute atomic E-state index is 0.137. The maximum atomic E-state index is 12.8. The molecule has 0 fully saturated rings. The number of nitrogens with zero attached hydrogens (tertiary/aromatic N) is 1. The first kappa shape index (κ1) is 12.9. The molecular formula is C16H14N2O4. The van der Waals surface area contributed by atoms with Gasteiger partial charge in [-0.1, -0.05) is 6.07 Å². The maximum absolute atomic E-state index is 12.8. The van der Waals surface area contributed by atoms with Gasteiger partial charge in [-0.2, -0.15) is 0 Å². The molecule has 0 saturated heterocycles. The molecule has 0 spiro atoms. The van der Waals surface area contributed by atoms with E-state index >= 15 is 0 Å². The van der Waals surface area contributed by atoms with Crippen molar-refractivity contribution in [1.29, 1.82) is 0 Å². The molecule has 0 unspecified atom stereocenters. The fourth-order valence-electron chi connectivity index (χ4n) is 2.93. The summed E-state index contributed by atoms with van der Waals surface area (Å²) in [7, 11) is 0. The van der Waals surface area contributed by atoms with Gasteiger partial charge in [0.1, 0.15) is 5.76 Å². The number of aryl methyl sites for hydroxylation is 1. The van der Waals surface area contributed by atoms with Crippen molar-refractivity contribution in [3.63, 3.8) is 0 Å². The Morgan fingerprint density at radius 3 is 3.09 bits per heavy atom. The molecule has 4 rings (SSSR count). The average Bonchev–Trinajstić information content (AvgIpc) is 3.05. The summed E-state index contributed by atoms with van der Waals surface area (Å²) in [6.07, 6.45) is 3.33. The van der Waals surface area contributed by atoms with Crippen LogP contribution in [0.5, 0.6) is 0 Å². The highest BCUT2D eigenvalue weighted by Crippen LogP contribution is 2.23. The summed E-state index contributed by atoms with van der Waals surface area (Å²) in [6, 6.07) is 7.04. The van der Waals surface area contributed by atoms with Crippen molar-refractivity contribution in [3.8, 4) is 0 Å². The predicted octanol–water partition coefficient (Wildman–Crippen LogP) is 2.30. The van der Waals surface area contributed by atoms with E-state index in [-0.39, 0.29) is 5.91 Å². The van der Waals surface area contributed by atoms with Gasteiger partial charge in [0.05, 0.1) is 17.3 Å². The van der Waals surface area contributed by atoms with Crippen LogP contribution in [0.15, 0.2) is 44.2 Å². The third-order valence-corrected chi connectivity index (χ3v) is 3.99. The summed E-state index contributed by atoms with van der Waals surface area (Å²) in [6.45, 7) is 1.16. The Hall–Kier alpha value is -2.76. The Labute approximate surface area is 125 Å². The number of furan rings is 1. The summed E-state index contributed by atoms with van der Waals surface area (Å²) < 4.78 is 10.6. The van der Waals surface area contributed by atoms with Crippen molar-refractivity contribution >= 4 is 17.0 Å². The number of carbonyl (C=O) groups excluding carboxylic acids is 1. The van der Waals surface area contributed by atoms with E-state index in [1.165, 1.54) is 0 Å². The molecule has 2 aromatic heterocycles. The van der Waals surface area contributed by atoms with Crippen molar-refractivity contribution in [3.05, 3.63) is 58.0 Å². The molecule has 1 amide bonds. The van der Waals surface area contributed by atoms with Gasteiger partial charge in [-0.3, -0.25) is 9.78 Å². The van der Waals surface area contributed by atoms with Gasteiger partial charge in [0.25, 0.3) is 5.91 Å². The molecule has 6 nitrogen and oxygen atoms in total. The van der Waals surface area contributed by atoms with Crippen LogP contribution in [0.2, 0.25) is 0 Å². The summed E-state index contributed by atoms with van der Waals surface area (Å²) >= 11 is 0. The SMILES string of the molecule is O=C(c1cccc2[nH]c(=O)oc12)N1CCCc2occc2C1. The minimum Gasteiger partial charge on any atom is -0.469 e. The molecule has 0 atom stereocenters. The van der Waals surface area contributed by atoms with Crippen LogP contribution in [0, 0.1) is 0 Å². The smallest absolute Gasteiger partial charge is 0.417 e. The normalized spacial score (nSPS) is 14.8. The fraction of sp³-hybridized carbons (Fsp3) is 0.250. The molecule has 0 aliphatic carbocycles. The second kappa shape index (κ2) is 4.91. The lowest BCUT2D eigenvalue weighted by molar-refractivity contribution is 0.0746. The standard InChI is InChI=1S/C16H14N2O4/c19-15(11-3-1-4-12-14(11)22-16(20)17-12)18-7-2-5-13-10(9-18)6-8-21-13/h1,3-4,6,8H,2,5,7,9H2,(H,17,20).